The largest absolute Gasteiger partial charge is 0.492 e. The molecule has 0 saturated carbocycles. The van der Waals surface area contributed by atoms with Crippen molar-refractivity contribution in [3.63, 3.8) is 0 Å². The molecule has 0 aromatic carbocycles. The van der Waals surface area contributed by atoms with E-state index in [9.17, 15) is 24.7 Å². The lowest BCUT2D eigenvalue weighted by atomic mass is 10.0. The quantitative estimate of drug-likeness (QED) is 0.275. The lowest BCUT2D eigenvalue weighted by molar-refractivity contribution is -0.146. The second-order valence-corrected chi connectivity index (χ2v) is 8.23. The molecule has 0 aliphatic carbocycles. The Bertz CT molecular complexity index is 711. The van der Waals surface area contributed by atoms with Crippen molar-refractivity contribution in [2.75, 3.05) is 26.3 Å². The van der Waals surface area contributed by atoms with Gasteiger partial charge in [-0.15, -0.1) is 4.73 Å². The van der Waals surface area contributed by atoms with E-state index in [-0.39, 0.29) is 38.4 Å². The molecule has 0 radical (unpaired) electrons. The third-order valence-corrected chi connectivity index (χ3v) is 4.47. The smallest absolute Gasteiger partial charge is 0.333 e. The third kappa shape index (κ3) is 10.8. The Labute approximate surface area is 181 Å². The summed E-state index contributed by atoms with van der Waals surface area (Å²) in [5.74, 6) is -1.99. The first-order valence-corrected chi connectivity index (χ1v) is 10.1. The van der Waals surface area contributed by atoms with Crippen LogP contribution < -0.4 is 10.2 Å². The second-order valence-electron chi connectivity index (χ2n) is 8.23. The summed E-state index contributed by atoms with van der Waals surface area (Å²) in [7, 11) is 0. The summed E-state index contributed by atoms with van der Waals surface area (Å²) < 4.78 is 12.1. The summed E-state index contributed by atoms with van der Waals surface area (Å²) in [5, 5.41) is 24.3. The first-order chi connectivity index (χ1) is 14.5. The van der Waals surface area contributed by atoms with Crippen molar-refractivity contribution >= 4 is 11.9 Å². The molecule has 0 fully saturated rings. The maximum Gasteiger partial charge on any atom is 0.333 e. The summed E-state index contributed by atoms with van der Waals surface area (Å²) in [5.41, 5.74) is -0.897. The van der Waals surface area contributed by atoms with Crippen LogP contribution in [0.5, 0.6) is 11.8 Å². The Hall–Kier alpha value is -2.66. The van der Waals surface area contributed by atoms with Gasteiger partial charge in [-0.05, 0) is 40.5 Å². The molecule has 176 valence electrons. The highest BCUT2D eigenvalue weighted by atomic mass is 16.7. The van der Waals surface area contributed by atoms with E-state index in [1.165, 1.54) is 0 Å². The van der Waals surface area contributed by atoms with Gasteiger partial charge in [0.15, 0.2) is 0 Å². The molecule has 31 heavy (non-hydrogen) atoms. The number of nitrogens with zero attached hydrogens (tertiary/aromatic N) is 2. The first-order valence-electron chi connectivity index (χ1n) is 10.1. The number of ether oxygens (including phenoxy) is 2. The average Bonchev–Trinajstić information content (AvgIpc) is 3.00. The summed E-state index contributed by atoms with van der Waals surface area (Å²) in [4.78, 5) is 38.6. The van der Waals surface area contributed by atoms with Gasteiger partial charge in [0.05, 0.1) is 37.4 Å². The predicted molar refractivity (Wildman–Crippen MR) is 112 cm³/mol. The van der Waals surface area contributed by atoms with Crippen LogP contribution >= 0.6 is 0 Å². The molecule has 11 nitrogen and oxygen atoms in total. The fourth-order valence-electron chi connectivity index (χ4n) is 2.50. The molecule has 1 aromatic rings. The van der Waals surface area contributed by atoms with Crippen LogP contribution in [-0.4, -0.2) is 64.3 Å². The molecule has 0 bridgehead atoms. The van der Waals surface area contributed by atoms with E-state index >= 15 is 0 Å². The monoisotopic (exact) mass is 443 g/mol. The lowest BCUT2D eigenvalue weighted by Crippen LogP contribution is -2.34. The zero-order chi connectivity index (χ0) is 23.5. The second kappa shape index (κ2) is 12.3. The molecule has 1 aromatic heterocycles. The fourth-order valence-corrected chi connectivity index (χ4v) is 2.50. The van der Waals surface area contributed by atoms with Crippen molar-refractivity contribution in [2.45, 2.75) is 64.6 Å². The van der Waals surface area contributed by atoms with E-state index in [0.29, 0.717) is 24.2 Å². The van der Waals surface area contributed by atoms with Gasteiger partial charge in [0.2, 0.25) is 17.7 Å². The summed E-state index contributed by atoms with van der Waals surface area (Å²) in [6.45, 7) is 8.87. The van der Waals surface area contributed by atoms with Crippen molar-refractivity contribution in [1.29, 1.82) is 0 Å². The van der Waals surface area contributed by atoms with Gasteiger partial charge in [-0.25, -0.2) is 4.79 Å². The zero-order valence-electron chi connectivity index (χ0n) is 18.5. The van der Waals surface area contributed by atoms with E-state index in [0.717, 1.165) is 12.1 Å². The molecular weight excluding hydrogens is 410 g/mol. The number of nitrogens with one attached hydrogen (secondary N) is 1. The molecule has 0 saturated heterocycles. The van der Waals surface area contributed by atoms with Gasteiger partial charge in [0.1, 0.15) is 0 Å². The normalized spacial score (nSPS) is 11.9. The number of hydrogen-bond acceptors (Lipinski definition) is 9. The van der Waals surface area contributed by atoms with Crippen LogP contribution in [0.2, 0.25) is 0 Å². The summed E-state index contributed by atoms with van der Waals surface area (Å²) in [6.07, 6.45) is 0.848. The van der Waals surface area contributed by atoms with Gasteiger partial charge < -0.3 is 29.8 Å². The van der Waals surface area contributed by atoms with Crippen molar-refractivity contribution < 1.29 is 34.1 Å². The highest BCUT2D eigenvalue weighted by Gasteiger charge is 2.23. The van der Waals surface area contributed by atoms with Crippen LogP contribution in [0, 0.1) is 4.91 Å². The van der Waals surface area contributed by atoms with Gasteiger partial charge in [-0.3, -0.25) is 4.79 Å². The third-order valence-electron chi connectivity index (χ3n) is 4.47. The minimum atomic E-state index is -0.777. The van der Waals surface area contributed by atoms with Gasteiger partial charge >= 0.3 is 5.97 Å². The molecule has 0 spiro atoms. The van der Waals surface area contributed by atoms with E-state index in [1.807, 2.05) is 27.7 Å². The highest BCUT2D eigenvalue weighted by Crippen LogP contribution is 2.20. The maximum atomic E-state index is 11.8. The predicted octanol–water partition coefficient (Wildman–Crippen LogP) is 1.89. The Balaban J connectivity index is 2.19. The number of amides is 1. The first kappa shape index (κ1) is 26.4. The summed E-state index contributed by atoms with van der Waals surface area (Å²) >= 11 is 0. The molecule has 0 atom stereocenters. The van der Waals surface area contributed by atoms with Crippen LogP contribution in [0.3, 0.4) is 0 Å². The molecule has 1 heterocycles. The molecule has 0 unspecified atom stereocenters. The van der Waals surface area contributed by atoms with Crippen molar-refractivity contribution in [2.24, 2.45) is 5.18 Å². The van der Waals surface area contributed by atoms with E-state index in [4.69, 9.17) is 14.3 Å². The Morgan fingerprint density at radius 3 is 2.19 bits per heavy atom. The molecule has 11 heteroatoms. The fraction of sp³-hybridized carbons (Fsp3) is 0.700. The molecule has 1 rings (SSSR count). The zero-order valence-corrected chi connectivity index (χ0v) is 18.5. The minimum Gasteiger partial charge on any atom is -0.492 e. The average molecular weight is 443 g/mol. The van der Waals surface area contributed by atoms with Crippen LogP contribution in [0.1, 0.15) is 53.4 Å². The van der Waals surface area contributed by atoms with Crippen molar-refractivity contribution in [3.05, 3.63) is 17.0 Å². The van der Waals surface area contributed by atoms with Gasteiger partial charge in [-0.2, -0.15) is 4.91 Å². The van der Waals surface area contributed by atoms with Crippen LogP contribution in [-0.2, 0) is 19.1 Å². The van der Waals surface area contributed by atoms with E-state index in [1.54, 1.807) is 0 Å². The number of aromatic nitrogens is 1. The van der Waals surface area contributed by atoms with E-state index in [2.05, 4.69) is 10.5 Å². The molecule has 3 N–H and O–H groups in total. The highest BCUT2D eigenvalue weighted by molar-refractivity contribution is 5.81. The lowest BCUT2D eigenvalue weighted by Gasteiger charge is -2.29. The number of aromatic hydroxyl groups is 2. The van der Waals surface area contributed by atoms with Crippen molar-refractivity contribution in [3.8, 4) is 11.8 Å². The standard InChI is InChI=1S/C20H33N3O8/c1-19(2,9-11-22-28)29-13-10-20(3,4)30-14-12-21-15(24)5-8-18(27)31-23-16(25)6-7-17(23)26/h6-7,25-26H,5,8-14H2,1-4H3,(H,21,24). The number of hydrogen-bond donors (Lipinski definition) is 3. The number of rotatable bonds is 15. The molecule has 0 aliphatic rings. The van der Waals surface area contributed by atoms with E-state index < -0.39 is 28.9 Å². The topological polar surface area (TPSA) is 149 Å². The van der Waals surface area contributed by atoms with Gasteiger partial charge in [-0.1, -0.05) is 5.18 Å². The summed E-state index contributed by atoms with van der Waals surface area (Å²) in [6, 6.07) is 2.32. The SMILES string of the molecule is CC(C)(CCN=O)OCCC(C)(C)OCCNC(=O)CCC(=O)On1c(O)ccc1O. The molecule has 0 aliphatic heterocycles. The number of carbonyl (C=O) groups excluding carboxylic acids is 2. The maximum absolute atomic E-state index is 11.8. The van der Waals surface area contributed by atoms with Gasteiger partial charge in [0.25, 0.3) is 0 Å². The van der Waals surface area contributed by atoms with Crippen LogP contribution in [0.25, 0.3) is 0 Å². The minimum absolute atomic E-state index is 0.108. The Morgan fingerprint density at radius 1 is 1.00 bits per heavy atom. The molecule has 1 amide bonds. The Morgan fingerprint density at radius 2 is 1.58 bits per heavy atom. The Kier molecular flexibility index (Phi) is 10.4. The number of carbonyl (C=O) groups is 2. The van der Waals surface area contributed by atoms with Crippen LogP contribution in [0.15, 0.2) is 17.3 Å². The van der Waals surface area contributed by atoms with Crippen molar-refractivity contribution in [1.82, 2.24) is 10.0 Å². The van der Waals surface area contributed by atoms with Gasteiger partial charge in [0, 0.05) is 25.1 Å². The molecular formula is C20H33N3O8. The van der Waals surface area contributed by atoms with Crippen LogP contribution in [0.4, 0.5) is 0 Å². The number of nitroso groups, excluding NO2 is 1.